The maximum Gasteiger partial charge on any atom is 0.295 e. The molecule has 2 aromatic rings. The molecule has 2 aliphatic rings. The smallest absolute Gasteiger partial charge is 0.295 e. The normalized spacial score (nSPS) is 21.0. The van der Waals surface area contributed by atoms with Crippen LogP contribution >= 0.6 is 0 Å². The average Bonchev–Trinajstić information content (AvgIpc) is 3.40. The van der Waals surface area contributed by atoms with Crippen LogP contribution < -0.4 is 9.47 Å². The minimum atomic E-state index is -0.781. The highest BCUT2D eigenvalue weighted by atomic mass is 19.1. The zero-order chi connectivity index (χ0) is 22.1. The molecule has 0 bridgehead atoms. The molecule has 0 aromatic heterocycles. The van der Waals surface area contributed by atoms with Crippen molar-refractivity contribution in [3.05, 3.63) is 65.0 Å². The van der Waals surface area contributed by atoms with E-state index in [0.717, 1.165) is 31.7 Å². The van der Waals surface area contributed by atoms with Crippen LogP contribution in [-0.2, 0) is 9.59 Å². The van der Waals surface area contributed by atoms with Crippen molar-refractivity contribution < 1.29 is 28.6 Å². The molecule has 31 heavy (non-hydrogen) atoms. The second kappa shape index (κ2) is 8.41. The molecule has 1 N–H and O–H groups in total. The van der Waals surface area contributed by atoms with Gasteiger partial charge in [-0.1, -0.05) is 25.0 Å². The Hall–Kier alpha value is -3.35. The largest absolute Gasteiger partial charge is 0.507 e. The first-order chi connectivity index (χ1) is 15.0. The average molecular weight is 425 g/mol. The Morgan fingerprint density at radius 3 is 2.32 bits per heavy atom. The molecular formula is C24H24FNO5. The summed E-state index contributed by atoms with van der Waals surface area (Å²) in [5, 5.41) is 11.1. The third kappa shape index (κ3) is 3.65. The van der Waals surface area contributed by atoms with Gasteiger partial charge < -0.3 is 19.5 Å². The molecule has 1 amide bonds. The van der Waals surface area contributed by atoms with Crippen LogP contribution in [0.4, 0.5) is 4.39 Å². The van der Waals surface area contributed by atoms with E-state index in [-0.39, 0.29) is 22.9 Å². The van der Waals surface area contributed by atoms with E-state index in [0.29, 0.717) is 11.3 Å². The van der Waals surface area contributed by atoms with Crippen LogP contribution in [0.2, 0.25) is 0 Å². The van der Waals surface area contributed by atoms with Crippen LogP contribution in [0, 0.1) is 5.82 Å². The summed E-state index contributed by atoms with van der Waals surface area (Å²) in [6.45, 7) is 0. The fourth-order valence-electron chi connectivity index (χ4n) is 4.53. The van der Waals surface area contributed by atoms with Gasteiger partial charge in [0.25, 0.3) is 11.7 Å². The standard InChI is InChI=1S/C24H24FNO5/c1-30-17-10-7-14(8-11-17)21-20(22(27)18-13-15(25)9-12-19(18)31-2)23(28)24(29)26(21)16-5-3-4-6-16/h7-13,16,21,27H,3-6H2,1-2H3/b22-20+. The molecule has 1 saturated carbocycles. The van der Waals surface area contributed by atoms with Crippen molar-refractivity contribution in [3.63, 3.8) is 0 Å². The second-order valence-electron chi connectivity index (χ2n) is 7.76. The van der Waals surface area contributed by atoms with Gasteiger partial charge in [0, 0.05) is 6.04 Å². The Labute approximate surface area is 179 Å². The van der Waals surface area contributed by atoms with Gasteiger partial charge in [-0.3, -0.25) is 9.59 Å². The van der Waals surface area contributed by atoms with E-state index in [9.17, 15) is 19.1 Å². The number of likely N-dealkylation sites (tertiary alicyclic amines) is 1. The number of halogens is 1. The Kier molecular flexibility index (Phi) is 5.67. The number of methoxy groups -OCH3 is 2. The van der Waals surface area contributed by atoms with E-state index in [1.807, 2.05) is 0 Å². The molecule has 1 atom stereocenters. The van der Waals surface area contributed by atoms with Crippen molar-refractivity contribution in [1.29, 1.82) is 0 Å². The summed E-state index contributed by atoms with van der Waals surface area (Å²) < 4.78 is 24.4. The summed E-state index contributed by atoms with van der Waals surface area (Å²) in [5.41, 5.74) is 0.639. The molecule has 0 spiro atoms. The van der Waals surface area contributed by atoms with Crippen LogP contribution in [0.25, 0.3) is 5.76 Å². The van der Waals surface area contributed by atoms with E-state index in [1.165, 1.54) is 19.2 Å². The lowest BCUT2D eigenvalue weighted by atomic mass is 9.94. The zero-order valence-electron chi connectivity index (χ0n) is 17.4. The van der Waals surface area contributed by atoms with Crippen molar-refractivity contribution in [2.75, 3.05) is 14.2 Å². The van der Waals surface area contributed by atoms with E-state index in [2.05, 4.69) is 0 Å². The molecule has 4 rings (SSSR count). The number of benzene rings is 2. The lowest BCUT2D eigenvalue weighted by Crippen LogP contribution is -2.37. The Bertz CT molecular complexity index is 1040. The number of amides is 1. The minimum Gasteiger partial charge on any atom is -0.507 e. The predicted octanol–water partition coefficient (Wildman–Crippen LogP) is 4.21. The SMILES string of the molecule is COc1ccc(C2/C(=C(\O)c3cc(F)ccc3OC)C(=O)C(=O)N2C2CCCC2)cc1. The van der Waals surface area contributed by atoms with Gasteiger partial charge in [0.2, 0.25) is 0 Å². The summed E-state index contributed by atoms with van der Waals surface area (Å²) in [5.74, 6) is -1.63. The molecule has 0 radical (unpaired) electrons. The van der Waals surface area contributed by atoms with Crippen LogP contribution in [0.3, 0.4) is 0 Å². The van der Waals surface area contributed by atoms with Gasteiger partial charge in [-0.2, -0.15) is 0 Å². The fraction of sp³-hybridized carbons (Fsp3) is 0.333. The van der Waals surface area contributed by atoms with Crippen molar-refractivity contribution in [2.45, 2.75) is 37.8 Å². The summed E-state index contributed by atoms with van der Waals surface area (Å²) in [4.78, 5) is 27.8. The number of rotatable bonds is 5. The number of ether oxygens (including phenoxy) is 2. The van der Waals surface area contributed by atoms with Gasteiger partial charge in [0.15, 0.2) is 0 Å². The maximum atomic E-state index is 14.0. The molecule has 1 unspecified atom stereocenters. The van der Waals surface area contributed by atoms with E-state index < -0.39 is 29.3 Å². The number of hydrogen-bond acceptors (Lipinski definition) is 5. The molecule has 1 saturated heterocycles. The van der Waals surface area contributed by atoms with Crippen molar-refractivity contribution in [1.82, 2.24) is 4.90 Å². The van der Waals surface area contributed by atoms with Crippen molar-refractivity contribution >= 4 is 17.4 Å². The molecule has 7 heteroatoms. The van der Waals surface area contributed by atoms with Gasteiger partial charge in [0.05, 0.1) is 31.4 Å². The first kappa shape index (κ1) is 20.9. The molecule has 162 valence electrons. The van der Waals surface area contributed by atoms with Crippen LogP contribution in [-0.4, -0.2) is 42.0 Å². The van der Waals surface area contributed by atoms with Crippen molar-refractivity contribution in [3.8, 4) is 11.5 Å². The molecule has 1 heterocycles. The highest BCUT2D eigenvalue weighted by molar-refractivity contribution is 6.46. The molecule has 2 aromatic carbocycles. The van der Waals surface area contributed by atoms with E-state index >= 15 is 0 Å². The summed E-state index contributed by atoms with van der Waals surface area (Å²) in [7, 11) is 2.94. The molecule has 1 aliphatic heterocycles. The topological polar surface area (TPSA) is 76.1 Å². The zero-order valence-corrected chi connectivity index (χ0v) is 17.4. The van der Waals surface area contributed by atoms with Crippen molar-refractivity contribution in [2.24, 2.45) is 0 Å². The highest BCUT2D eigenvalue weighted by Gasteiger charge is 2.49. The lowest BCUT2D eigenvalue weighted by molar-refractivity contribution is -0.141. The minimum absolute atomic E-state index is 0.0328. The van der Waals surface area contributed by atoms with E-state index in [4.69, 9.17) is 9.47 Å². The van der Waals surface area contributed by atoms with Gasteiger partial charge in [-0.25, -0.2) is 4.39 Å². The number of ketones is 1. The molecular weight excluding hydrogens is 401 g/mol. The fourth-order valence-corrected chi connectivity index (χ4v) is 4.53. The first-order valence-electron chi connectivity index (χ1n) is 10.2. The second-order valence-corrected chi connectivity index (χ2v) is 7.76. The Morgan fingerprint density at radius 1 is 1.03 bits per heavy atom. The van der Waals surface area contributed by atoms with Crippen LogP contribution in [0.1, 0.15) is 42.9 Å². The molecule has 6 nitrogen and oxygen atoms in total. The number of carbonyl (C=O) groups is 2. The maximum absolute atomic E-state index is 14.0. The quantitative estimate of drug-likeness (QED) is 0.441. The predicted molar refractivity (Wildman–Crippen MR) is 112 cm³/mol. The van der Waals surface area contributed by atoms with E-state index in [1.54, 1.807) is 36.3 Å². The number of aliphatic hydroxyl groups excluding tert-OH is 1. The number of nitrogens with zero attached hydrogens (tertiary/aromatic N) is 1. The number of Topliss-reactive ketones (excluding diaryl/α,β-unsaturated/α-hetero) is 1. The third-order valence-corrected chi connectivity index (χ3v) is 6.05. The van der Waals surface area contributed by atoms with Crippen LogP contribution in [0.15, 0.2) is 48.0 Å². The summed E-state index contributed by atoms with van der Waals surface area (Å²) >= 11 is 0. The first-order valence-corrected chi connectivity index (χ1v) is 10.2. The Balaban J connectivity index is 1.91. The van der Waals surface area contributed by atoms with Gasteiger partial charge in [-0.05, 0) is 48.7 Å². The third-order valence-electron chi connectivity index (χ3n) is 6.05. The van der Waals surface area contributed by atoms with Gasteiger partial charge in [-0.15, -0.1) is 0 Å². The van der Waals surface area contributed by atoms with Gasteiger partial charge >= 0.3 is 0 Å². The monoisotopic (exact) mass is 425 g/mol. The molecule has 2 fully saturated rings. The number of carbonyl (C=O) groups excluding carboxylic acids is 2. The number of aliphatic hydroxyl groups is 1. The number of hydrogen-bond donors (Lipinski definition) is 1. The lowest BCUT2D eigenvalue weighted by Gasteiger charge is -2.30. The Morgan fingerprint density at radius 2 is 1.71 bits per heavy atom. The van der Waals surface area contributed by atoms with Gasteiger partial charge in [0.1, 0.15) is 23.1 Å². The molecule has 1 aliphatic carbocycles. The summed E-state index contributed by atoms with van der Waals surface area (Å²) in [6.07, 6.45) is 3.54. The summed E-state index contributed by atoms with van der Waals surface area (Å²) in [6, 6.07) is 9.83. The van der Waals surface area contributed by atoms with Crippen LogP contribution in [0.5, 0.6) is 11.5 Å². The highest BCUT2D eigenvalue weighted by Crippen LogP contribution is 2.44.